The van der Waals surface area contributed by atoms with Crippen LogP contribution in [0, 0.1) is 6.92 Å². The summed E-state index contributed by atoms with van der Waals surface area (Å²) in [5.41, 5.74) is 0. The highest BCUT2D eigenvalue weighted by molar-refractivity contribution is 4.72. The molecule has 1 aromatic heterocycles. The normalized spacial score (nSPS) is 9.62. The second-order valence-electron chi connectivity index (χ2n) is 1.44. The number of hydrogen-bond donors (Lipinski definition) is 0. The molecule has 0 spiro atoms. The van der Waals surface area contributed by atoms with Gasteiger partial charge in [-0.2, -0.15) is 0 Å². The minimum atomic E-state index is 0.667. The molecule has 0 fully saturated rings. The van der Waals surface area contributed by atoms with Gasteiger partial charge in [-0.15, -0.1) is 10.2 Å². The van der Waals surface area contributed by atoms with E-state index in [1.54, 1.807) is 0 Å². The quantitative estimate of drug-likeness (QED) is 0.567. The van der Waals surface area contributed by atoms with Gasteiger partial charge in [0.2, 0.25) is 12.3 Å². The van der Waals surface area contributed by atoms with E-state index in [0.717, 1.165) is 12.8 Å². The van der Waals surface area contributed by atoms with Crippen molar-refractivity contribution in [3.8, 4) is 0 Å². The predicted molar refractivity (Wildman–Crippen MR) is 28.0 cm³/mol. The average molecular weight is 111 g/mol. The zero-order valence-electron chi connectivity index (χ0n) is 4.50. The Labute approximate surface area is 47.7 Å². The maximum atomic E-state index is 4.81. The second kappa shape index (κ2) is 2.45. The first-order valence-electron chi connectivity index (χ1n) is 2.48. The van der Waals surface area contributed by atoms with E-state index in [-0.39, 0.29) is 0 Å². The lowest BCUT2D eigenvalue weighted by Gasteiger charge is -1.81. The van der Waals surface area contributed by atoms with Crippen LogP contribution in [-0.4, -0.2) is 10.2 Å². The molecule has 0 bridgehead atoms. The minimum absolute atomic E-state index is 0.667. The van der Waals surface area contributed by atoms with Gasteiger partial charge >= 0.3 is 0 Å². The Bertz CT molecular complexity index is 136. The lowest BCUT2D eigenvalue weighted by molar-refractivity contribution is 0.493. The molecule has 1 heterocycles. The van der Waals surface area contributed by atoms with Crippen LogP contribution in [0.2, 0.25) is 0 Å². The lowest BCUT2D eigenvalue weighted by atomic mass is 10.3. The predicted octanol–water partition coefficient (Wildman–Crippen LogP) is 0.836. The summed E-state index contributed by atoms with van der Waals surface area (Å²) in [6.45, 7) is 3.63. The van der Waals surface area contributed by atoms with Crippen LogP contribution in [-0.2, 0) is 6.42 Å². The van der Waals surface area contributed by atoms with Gasteiger partial charge in [-0.3, -0.25) is 0 Å². The third kappa shape index (κ3) is 1.05. The fourth-order valence-electron chi connectivity index (χ4n) is 0.456. The number of hydrogen-bond acceptors (Lipinski definition) is 3. The maximum absolute atomic E-state index is 4.81. The highest BCUT2D eigenvalue weighted by Crippen LogP contribution is 1.94. The van der Waals surface area contributed by atoms with Gasteiger partial charge in [0.1, 0.15) is 0 Å². The van der Waals surface area contributed by atoms with E-state index in [9.17, 15) is 0 Å². The first kappa shape index (κ1) is 5.28. The minimum Gasteiger partial charge on any atom is -0.428 e. The molecule has 1 radical (unpaired) electrons. The van der Waals surface area contributed by atoms with Crippen molar-refractivity contribution in [1.82, 2.24) is 10.2 Å². The van der Waals surface area contributed by atoms with Crippen molar-refractivity contribution < 1.29 is 4.42 Å². The molecule has 0 amide bonds. The molecule has 0 aromatic carbocycles. The van der Waals surface area contributed by atoms with Gasteiger partial charge in [0, 0.05) is 6.42 Å². The molecule has 8 heavy (non-hydrogen) atoms. The van der Waals surface area contributed by atoms with Crippen LogP contribution < -0.4 is 0 Å². The zero-order chi connectivity index (χ0) is 5.82. The van der Waals surface area contributed by atoms with Crippen molar-refractivity contribution in [2.75, 3.05) is 0 Å². The molecule has 1 rings (SSSR count). The second-order valence-corrected chi connectivity index (χ2v) is 1.44. The fourth-order valence-corrected chi connectivity index (χ4v) is 0.456. The lowest BCUT2D eigenvalue weighted by Crippen LogP contribution is -1.80. The molecule has 0 aliphatic carbocycles. The van der Waals surface area contributed by atoms with Gasteiger partial charge in [-0.05, 0) is 6.42 Å². The van der Waals surface area contributed by atoms with E-state index in [4.69, 9.17) is 4.42 Å². The molecule has 0 aliphatic heterocycles. The van der Waals surface area contributed by atoms with Gasteiger partial charge in [0.25, 0.3) is 0 Å². The van der Waals surface area contributed by atoms with Crippen molar-refractivity contribution in [2.24, 2.45) is 0 Å². The summed E-state index contributed by atoms with van der Waals surface area (Å²) < 4.78 is 4.81. The number of rotatable bonds is 2. The van der Waals surface area contributed by atoms with E-state index in [1.165, 1.54) is 6.39 Å². The molecule has 3 heteroatoms. The average Bonchev–Trinajstić information content (AvgIpc) is 2.19. The largest absolute Gasteiger partial charge is 0.428 e. The highest BCUT2D eigenvalue weighted by Gasteiger charge is 1.92. The molecule has 43 valence electrons. The summed E-state index contributed by atoms with van der Waals surface area (Å²) in [6.07, 6.45) is 2.91. The van der Waals surface area contributed by atoms with Gasteiger partial charge in [0.15, 0.2) is 0 Å². The maximum Gasteiger partial charge on any atom is 0.216 e. The van der Waals surface area contributed by atoms with Crippen molar-refractivity contribution in [3.05, 3.63) is 19.2 Å². The van der Waals surface area contributed by atoms with Crippen molar-refractivity contribution in [2.45, 2.75) is 12.8 Å². The Morgan fingerprint density at radius 2 is 2.62 bits per heavy atom. The van der Waals surface area contributed by atoms with Crippen LogP contribution in [0.1, 0.15) is 12.3 Å². The summed E-state index contributed by atoms with van der Waals surface area (Å²) >= 11 is 0. The number of nitrogens with zero attached hydrogens (tertiary/aromatic N) is 2. The summed E-state index contributed by atoms with van der Waals surface area (Å²) in [4.78, 5) is 0. The van der Waals surface area contributed by atoms with E-state index < -0.39 is 0 Å². The van der Waals surface area contributed by atoms with Crippen LogP contribution >= 0.6 is 0 Å². The summed E-state index contributed by atoms with van der Waals surface area (Å²) in [5.74, 6) is 0.667. The molecule has 0 saturated heterocycles. The van der Waals surface area contributed by atoms with Crippen LogP contribution in [0.15, 0.2) is 10.8 Å². The first-order valence-corrected chi connectivity index (χ1v) is 2.48. The molecule has 0 N–H and O–H groups in total. The van der Waals surface area contributed by atoms with Crippen molar-refractivity contribution in [3.63, 3.8) is 0 Å². The summed E-state index contributed by atoms with van der Waals surface area (Å²) in [5, 5.41) is 7.15. The number of aryl methyl sites for hydroxylation is 1. The summed E-state index contributed by atoms with van der Waals surface area (Å²) in [6, 6.07) is 0. The third-order valence-electron chi connectivity index (χ3n) is 0.796. The standard InChI is InChI=1S/C5H7N2O/c1-2-3-5-7-6-4-8-5/h4H,1-3H2. The highest BCUT2D eigenvalue weighted by atomic mass is 16.4. The Hall–Kier alpha value is -0.860. The third-order valence-corrected chi connectivity index (χ3v) is 0.796. The summed E-state index contributed by atoms with van der Waals surface area (Å²) in [7, 11) is 0. The topological polar surface area (TPSA) is 38.9 Å². The zero-order valence-corrected chi connectivity index (χ0v) is 4.50. The van der Waals surface area contributed by atoms with Gasteiger partial charge in [0.05, 0.1) is 0 Å². The van der Waals surface area contributed by atoms with E-state index in [2.05, 4.69) is 17.1 Å². The van der Waals surface area contributed by atoms with Gasteiger partial charge in [-0.25, -0.2) is 0 Å². The Balaban J connectivity index is 2.50. The van der Waals surface area contributed by atoms with E-state index in [1.807, 2.05) is 0 Å². The van der Waals surface area contributed by atoms with Crippen LogP contribution in [0.4, 0.5) is 0 Å². The number of aromatic nitrogens is 2. The molecule has 0 atom stereocenters. The van der Waals surface area contributed by atoms with E-state index >= 15 is 0 Å². The van der Waals surface area contributed by atoms with Crippen LogP contribution in [0.25, 0.3) is 0 Å². The molecular weight excluding hydrogens is 104 g/mol. The van der Waals surface area contributed by atoms with Gasteiger partial charge in [-0.1, -0.05) is 6.92 Å². The molecular formula is C5H7N2O. The Kier molecular flexibility index (Phi) is 1.62. The molecule has 0 unspecified atom stereocenters. The Morgan fingerprint density at radius 1 is 1.75 bits per heavy atom. The van der Waals surface area contributed by atoms with Crippen LogP contribution in [0.5, 0.6) is 0 Å². The van der Waals surface area contributed by atoms with E-state index in [0.29, 0.717) is 5.89 Å². The van der Waals surface area contributed by atoms with Crippen molar-refractivity contribution in [1.29, 1.82) is 0 Å². The first-order chi connectivity index (χ1) is 3.93. The molecule has 0 aliphatic rings. The monoisotopic (exact) mass is 111 g/mol. The molecule has 0 saturated carbocycles. The van der Waals surface area contributed by atoms with Gasteiger partial charge < -0.3 is 4.42 Å². The SMILES string of the molecule is [CH2]CCc1nnco1. The fraction of sp³-hybridized carbons (Fsp3) is 0.400. The Morgan fingerprint density at radius 3 is 3.12 bits per heavy atom. The van der Waals surface area contributed by atoms with Crippen LogP contribution in [0.3, 0.4) is 0 Å². The van der Waals surface area contributed by atoms with Crippen molar-refractivity contribution >= 4 is 0 Å². The molecule has 3 nitrogen and oxygen atoms in total. The smallest absolute Gasteiger partial charge is 0.216 e. The molecule has 1 aromatic rings.